The molecule has 5 heterocycles. The SMILES string of the molecule is C=CC1=[N+](CC[Si](C)(C)C)C2CC(=C)n3c([n+](-c4c(C(C)C)cc(-c5ccccc5)cc4C(C)C)c4cnccc43)-c3cc4c(cc3CCC2c2ccccc21)oc1ccccc14. The van der Waals surface area contributed by atoms with Gasteiger partial charge in [-0.2, -0.15) is 9.13 Å². The Labute approximate surface area is 373 Å². The monoisotopic (exact) mass is 844 g/mol. The number of furan rings is 1. The molecule has 2 unspecified atom stereocenters. The molecule has 0 saturated carbocycles. The van der Waals surface area contributed by atoms with Gasteiger partial charge in [0, 0.05) is 57.8 Å². The summed E-state index contributed by atoms with van der Waals surface area (Å²) in [6.45, 7) is 27.4. The lowest BCUT2D eigenvalue weighted by atomic mass is 9.77. The summed E-state index contributed by atoms with van der Waals surface area (Å²) in [6, 6.07) is 41.7. The van der Waals surface area contributed by atoms with Crippen molar-refractivity contribution in [1.29, 1.82) is 0 Å². The fourth-order valence-corrected chi connectivity index (χ4v) is 11.6. The Kier molecular flexibility index (Phi) is 10.3. The van der Waals surface area contributed by atoms with Crippen LogP contribution in [0.5, 0.6) is 0 Å². The normalized spacial score (nSPS) is 16.7. The Morgan fingerprint density at radius 1 is 0.810 bits per heavy atom. The molecule has 6 heteroatoms. The van der Waals surface area contributed by atoms with Gasteiger partial charge in [0.05, 0.1) is 26.3 Å². The molecule has 10 rings (SSSR count). The Bertz CT molecular complexity index is 3110. The van der Waals surface area contributed by atoms with Crippen molar-refractivity contribution in [3.05, 3.63) is 169 Å². The average Bonchev–Trinajstić information content (AvgIpc) is 3.82. The van der Waals surface area contributed by atoms with E-state index in [1.54, 1.807) is 0 Å². The van der Waals surface area contributed by atoms with Crippen LogP contribution in [-0.4, -0.2) is 40.5 Å². The molecular formula is C57H60N4OSi+2. The van der Waals surface area contributed by atoms with E-state index >= 15 is 0 Å². The first-order valence-corrected chi connectivity index (χ1v) is 26.7. The number of benzene rings is 5. The van der Waals surface area contributed by atoms with E-state index in [0.717, 1.165) is 70.3 Å². The van der Waals surface area contributed by atoms with E-state index in [1.807, 2.05) is 6.20 Å². The predicted molar refractivity (Wildman–Crippen MR) is 266 cm³/mol. The van der Waals surface area contributed by atoms with Crippen LogP contribution >= 0.6 is 0 Å². The van der Waals surface area contributed by atoms with Gasteiger partial charge in [0.2, 0.25) is 5.71 Å². The van der Waals surface area contributed by atoms with Gasteiger partial charge in [0.25, 0.3) is 5.82 Å². The third kappa shape index (κ3) is 7.03. The molecule has 5 aromatic carbocycles. The van der Waals surface area contributed by atoms with E-state index in [-0.39, 0.29) is 23.8 Å². The minimum Gasteiger partial charge on any atom is -0.456 e. The zero-order valence-electron chi connectivity index (χ0n) is 38.1. The number of rotatable bonds is 8. The lowest BCUT2D eigenvalue weighted by Crippen LogP contribution is -2.44. The highest BCUT2D eigenvalue weighted by molar-refractivity contribution is 6.76. The first-order chi connectivity index (χ1) is 30.4. The molecule has 0 spiro atoms. The molecule has 8 aromatic rings. The lowest BCUT2D eigenvalue weighted by molar-refractivity contribution is -0.567. The fourth-order valence-electron chi connectivity index (χ4n) is 10.7. The van der Waals surface area contributed by atoms with Gasteiger partial charge in [-0.15, -0.1) is 0 Å². The van der Waals surface area contributed by atoms with Crippen LogP contribution in [0, 0.1) is 0 Å². The lowest BCUT2D eigenvalue weighted by Gasteiger charge is -2.34. The molecule has 2 aliphatic heterocycles. The molecule has 63 heavy (non-hydrogen) atoms. The number of aromatic nitrogens is 3. The second-order valence-corrected chi connectivity index (χ2v) is 25.4. The van der Waals surface area contributed by atoms with E-state index in [9.17, 15) is 0 Å². The smallest absolute Gasteiger partial charge is 0.300 e. The van der Waals surface area contributed by atoms with Gasteiger partial charge in [-0.1, -0.05) is 127 Å². The number of nitrogens with zero attached hydrogens (tertiary/aromatic N) is 4. The zero-order valence-corrected chi connectivity index (χ0v) is 39.1. The van der Waals surface area contributed by atoms with Crippen molar-refractivity contribution in [3.63, 3.8) is 0 Å². The summed E-state index contributed by atoms with van der Waals surface area (Å²) >= 11 is 0. The van der Waals surface area contributed by atoms with Crippen molar-refractivity contribution in [2.24, 2.45) is 0 Å². The predicted octanol–water partition coefficient (Wildman–Crippen LogP) is 14.1. The molecule has 0 radical (unpaired) electrons. The van der Waals surface area contributed by atoms with Crippen molar-refractivity contribution in [2.75, 3.05) is 6.54 Å². The van der Waals surface area contributed by atoms with Gasteiger partial charge >= 0.3 is 0 Å². The third-order valence-corrected chi connectivity index (χ3v) is 15.6. The summed E-state index contributed by atoms with van der Waals surface area (Å²) in [5.74, 6) is 1.89. The second-order valence-electron chi connectivity index (χ2n) is 19.8. The summed E-state index contributed by atoms with van der Waals surface area (Å²) in [4.78, 5) is 4.88. The molecule has 0 N–H and O–H groups in total. The van der Waals surface area contributed by atoms with Gasteiger partial charge in [0.1, 0.15) is 29.1 Å². The number of pyridine rings is 1. The topological polar surface area (TPSA) is 37.9 Å². The molecule has 2 atom stereocenters. The molecule has 0 saturated heterocycles. The standard InChI is InChI=1S/C57H60N4OSi/c1-10-50-43-21-15-14-20-42(43)44-25-24-40-33-55-49(45-22-16-17-23-54(45)62-55)34-48(40)57-60(38(6)30-52(44)59(50)28-29-63(7,8)9)51-26-27-58-35-53(51)61(57)56-46(36(2)3)31-41(32-47(56)37(4)5)39-18-12-11-13-19-39/h10-23,26-27,31-37,44,52H,1,6,24-25,28-30H2,2-5,7-9H3/q+2. The van der Waals surface area contributed by atoms with Crippen LogP contribution in [0.15, 0.2) is 145 Å². The summed E-state index contributed by atoms with van der Waals surface area (Å²) < 4.78 is 14.5. The molecule has 2 aliphatic rings. The Morgan fingerprint density at radius 3 is 2.25 bits per heavy atom. The molecule has 3 aromatic heterocycles. The Balaban J connectivity index is 1.31. The van der Waals surface area contributed by atoms with Crippen LogP contribution in [0.25, 0.3) is 66.9 Å². The molecular weight excluding hydrogens is 785 g/mol. The van der Waals surface area contributed by atoms with E-state index in [2.05, 4.69) is 189 Å². The highest BCUT2D eigenvalue weighted by atomic mass is 28.3. The highest BCUT2D eigenvalue weighted by Crippen LogP contribution is 2.45. The minimum absolute atomic E-state index is 0.191. The molecule has 5 nitrogen and oxygen atoms in total. The van der Waals surface area contributed by atoms with Gasteiger partial charge in [-0.25, -0.2) is 4.58 Å². The molecule has 0 fully saturated rings. The molecule has 316 valence electrons. The van der Waals surface area contributed by atoms with E-state index < -0.39 is 8.07 Å². The maximum Gasteiger partial charge on any atom is 0.300 e. The van der Waals surface area contributed by atoms with Crippen LogP contribution in [0.1, 0.15) is 86.1 Å². The van der Waals surface area contributed by atoms with Crippen LogP contribution < -0.4 is 4.57 Å². The molecule has 0 bridgehead atoms. The highest BCUT2D eigenvalue weighted by Gasteiger charge is 2.44. The Hall–Kier alpha value is -6.11. The number of fused-ring (bicyclic) bond motifs is 11. The number of hydrogen-bond donors (Lipinski definition) is 0. The summed E-state index contributed by atoms with van der Waals surface area (Å²) in [5, 5.41) is 2.26. The Morgan fingerprint density at radius 2 is 1.52 bits per heavy atom. The number of aryl methyl sites for hydroxylation is 1. The summed E-state index contributed by atoms with van der Waals surface area (Å²) in [7, 11) is -1.40. The van der Waals surface area contributed by atoms with Gasteiger partial charge in [-0.3, -0.25) is 4.98 Å². The van der Waals surface area contributed by atoms with Crippen LogP contribution in [-0.2, 0) is 6.42 Å². The van der Waals surface area contributed by atoms with Gasteiger partial charge < -0.3 is 4.42 Å². The van der Waals surface area contributed by atoms with Crippen LogP contribution in [0.3, 0.4) is 0 Å². The first-order valence-electron chi connectivity index (χ1n) is 23.0. The number of para-hydroxylation sites is 1. The second kappa shape index (κ2) is 15.9. The van der Waals surface area contributed by atoms with E-state index in [0.29, 0.717) is 0 Å². The zero-order chi connectivity index (χ0) is 43.7. The van der Waals surface area contributed by atoms with E-state index in [1.165, 1.54) is 62.0 Å². The van der Waals surface area contributed by atoms with E-state index in [4.69, 9.17) is 16.0 Å². The third-order valence-electron chi connectivity index (χ3n) is 13.9. The van der Waals surface area contributed by atoms with Crippen LogP contribution in [0.2, 0.25) is 25.7 Å². The molecule has 0 aliphatic carbocycles. The first kappa shape index (κ1) is 40.9. The summed E-state index contributed by atoms with van der Waals surface area (Å²) in [6.07, 6.45) is 8.82. The maximum atomic E-state index is 6.70. The maximum absolute atomic E-state index is 6.70. The van der Waals surface area contributed by atoms with Crippen LogP contribution in [0.4, 0.5) is 0 Å². The average molecular weight is 845 g/mol. The number of allylic oxidation sites excluding steroid dienone is 1. The van der Waals surface area contributed by atoms with Crippen molar-refractivity contribution >= 4 is 52.5 Å². The van der Waals surface area contributed by atoms with Crippen molar-refractivity contribution < 1.29 is 13.6 Å². The quantitative estimate of drug-likeness (QED) is 0.113. The van der Waals surface area contributed by atoms with Crippen molar-refractivity contribution in [1.82, 2.24) is 9.55 Å². The number of hydrogen-bond acceptors (Lipinski definition) is 2. The van der Waals surface area contributed by atoms with Gasteiger partial charge in [0.15, 0.2) is 17.1 Å². The summed E-state index contributed by atoms with van der Waals surface area (Å²) in [5.41, 5.74) is 17.9. The fraction of sp³-hybridized carbons (Fsp3) is 0.281. The number of imidazole rings is 1. The van der Waals surface area contributed by atoms with Crippen molar-refractivity contribution in [3.8, 4) is 28.2 Å². The van der Waals surface area contributed by atoms with Gasteiger partial charge in [-0.05, 0) is 83.3 Å². The largest absolute Gasteiger partial charge is 0.456 e. The molecule has 0 amide bonds. The van der Waals surface area contributed by atoms with Crippen molar-refractivity contribution in [2.45, 2.75) is 96.4 Å². The minimum atomic E-state index is -1.40.